The number of hydrogen-bond acceptors (Lipinski definition) is 3. The summed E-state index contributed by atoms with van der Waals surface area (Å²) in [6, 6.07) is 7.53. The van der Waals surface area contributed by atoms with E-state index in [0.717, 1.165) is 3.57 Å². The van der Waals surface area contributed by atoms with Crippen molar-refractivity contribution in [2.24, 2.45) is 0 Å². The van der Waals surface area contributed by atoms with E-state index in [2.05, 4.69) is 27.3 Å². The molecule has 0 saturated carbocycles. The zero-order valence-electron chi connectivity index (χ0n) is 10.2. The Bertz CT molecular complexity index is 789. The third kappa shape index (κ3) is 3.87. The van der Waals surface area contributed by atoms with E-state index in [1.54, 1.807) is 18.2 Å². The molecule has 2 aromatic carbocycles. The first kappa shape index (κ1) is 17.0. The van der Waals surface area contributed by atoms with Crippen LogP contribution in [0.4, 0.5) is 11.4 Å². The van der Waals surface area contributed by atoms with Gasteiger partial charge in [0, 0.05) is 8.59 Å². The molecule has 0 saturated heterocycles. The lowest BCUT2D eigenvalue weighted by molar-refractivity contribution is 0.601. The number of anilines is 2. The number of rotatable bonds is 3. The minimum Gasteiger partial charge on any atom is -0.398 e. The van der Waals surface area contributed by atoms with Crippen LogP contribution in [0.25, 0.3) is 0 Å². The molecule has 0 aliphatic rings. The Morgan fingerprint density at radius 2 is 1.71 bits per heavy atom. The van der Waals surface area contributed by atoms with Crippen LogP contribution in [0.5, 0.6) is 0 Å². The molecule has 0 atom stereocenters. The van der Waals surface area contributed by atoms with Gasteiger partial charge in [0.05, 0.1) is 21.4 Å². The van der Waals surface area contributed by atoms with Crippen molar-refractivity contribution in [3.05, 3.63) is 49.0 Å². The summed E-state index contributed by atoms with van der Waals surface area (Å²) in [5.74, 6) is 0. The van der Waals surface area contributed by atoms with E-state index in [0.29, 0.717) is 0 Å². The highest BCUT2D eigenvalue weighted by Gasteiger charge is 2.23. The van der Waals surface area contributed by atoms with Crippen molar-refractivity contribution in [2.75, 3.05) is 10.5 Å². The number of sulfonamides is 1. The van der Waals surface area contributed by atoms with E-state index in [1.807, 2.05) is 0 Å². The number of nitrogens with one attached hydrogen (secondary N) is 1. The van der Waals surface area contributed by atoms with E-state index in [4.69, 9.17) is 40.5 Å². The predicted octanol–water partition coefficient (Wildman–Crippen LogP) is 4.63. The Labute approximate surface area is 150 Å². The van der Waals surface area contributed by atoms with Gasteiger partial charge in [0.15, 0.2) is 0 Å². The molecule has 0 amide bonds. The molecule has 9 heteroatoms. The predicted molar refractivity (Wildman–Crippen MR) is 95.9 cm³/mol. The third-order valence-electron chi connectivity index (χ3n) is 2.48. The largest absolute Gasteiger partial charge is 0.398 e. The van der Waals surface area contributed by atoms with Crippen molar-refractivity contribution < 1.29 is 8.42 Å². The number of nitrogens with two attached hydrogens (primary N) is 1. The highest BCUT2D eigenvalue weighted by molar-refractivity contribution is 14.1. The summed E-state index contributed by atoms with van der Waals surface area (Å²) in [6.07, 6.45) is 0. The lowest BCUT2D eigenvalue weighted by Crippen LogP contribution is -2.15. The molecule has 0 aromatic heterocycles. The number of halogens is 4. The molecule has 0 heterocycles. The fourth-order valence-electron chi connectivity index (χ4n) is 1.63. The van der Waals surface area contributed by atoms with Crippen LogP contribution in [-0.4, -0.2) is 8.42 Å². The maximum absolute atomic E-state index is 12.4. The van der Waals surface area contributed by atoms with E-state index >= 15 is 0 Å². The van der Waals surface area contributed by atoms with Crippen molar-refractivity contribution in [3.8, 4) is 0 Å². The Morgan fingerprint density at radius 3 is 2.29 bits per heavy atom. The zero-order valence-corrected chi connectivity index (χ0v) is 15.4. The second kappa shape index (κ2) is 6.37. The van der Waals surface area contributed by atoms with Crippen LogP contribution in [0.15, 0.2) is 35.2 Å². The van der Waals surface area contributed by atoms with Crippen LogP contribution in [0.3, 0.4) is 0 Å². The van der Waals surface area contributed by atoms with Crippen LogP contribution >= 0.6 is 57.4 Å². The molecule has 0 unspecified atom stereocenters. The van der Waals surface area contributed by atoms with Gasteiger partial charge in [-0.15, -0.1) is 0 Å². The van der Waals surface area contributed by atoms with Gasteiger partial charge in [-0.3, -0.25) is 4.72 Å². The number of benzene rings is 2. The molecule has 112 valence electrons. The van der Waals surface area contributed by atoms with E-state index in [-0.39, 0.29) is 31.3 Å². The summed E-state index contributed by atoms with van der Waals surface area (Å²) in [5, 5.41) is 0.465. The zero-order chi connectivity index (χ0) is 15.8. The molecule has 2 rings (SSSR count). The normalized spacial score (nSPS) is 11.4. The average molecular weight is 478 g/mol. The van der Waals surface area contributed by atoms with E-state index < -0.39 is 10.0 Å². The lowest BCUT2D eigenvalue weighted by atomic mass is 10.3. The maximum atomic E-state index is 12.4. The second-order valence-corrected chi connectivity index (χ2v) is 8.15. The van der Waals surface area contributed by atoms with Gasteiger partial charge in [0.1, 0.15) is 4.90 Å². The minimum atomic E-state index is -3.98. The Kier molecular flexibility index (Phi) is 5.15. The molecule has 4 nitrogen and oxygen atoms in total. The first-order valence-electron chi connectivity index (χ1n) is 5.43. The molecule has 21 heavy (non-hydrogen) atoms. The van der Waals surface area contributed by atoms with Crippen molar-refractivity contribution in [3.63, 3.8) is 0 Å². The SMILES string of the molecule is Nc1cc(Cl)cc(Cl)c1S(=O)(=O)Nc1ccc(I)cc1Cl. The number of hydrogen-bond donors (Lipinski definition) is 2. The topological polar surface area (TPSA) is 72.2 Å². The fourth-order valence-corrected chi connectivity index (χ4v) is 4.66. The standard InChI is InChI=1S/C12H8Cl3IN2O2S/c13-6-3-9(15)12(10(17)4-6)21(19,20)18-11-2-1-7(16)5-8(11)14/h1-5,18H,17H2. The van der Waals surface area contributed by atoms with Crippen LogP contribution in [0, 0.1) is 3.57 Å². The maximum Gasteiger partial charge on any atom is 0.265 e. The van der Waals surface area contributed by atoms with Gasteiger partial charge in [-0.25, -0.2) is 8.42 Å². The van der Waals surface area contributed by atoms with Crippen LogP contribution in [-0.2, 0) is 10.0 Å². The highest BCUT2D eigenvalue weighted by Crippen LogP contribution is 2.33. The van der Waals surface area contributed by atoms with Gasteiger partial charge < -0.3 is 5.73 Å². The summed E-state index contributed by atoms with van der Waals surface area (Å²) in [7, 11) is -3.98. The van der Waals surface area contributed by atoms with Gasteiger partial charge in [-0.2, -0.15) is 0 Å². The Balaban J connectivity index is 2.48. The molecule has 0 radical (unpaired) electrons. The van der Waals surface area contributed by atoms with Gasteiger partial charge in [0.2, 0.25) is 0 Å². The molecule has 2 aromatic rings. The molecule has 0 fully saturated rings. The number of nitrogen functional groups attached to an aromatic ring is 1. The van der Waals surface area contributed by atoms with E-state index in [1.165, 1.54) is 12.1 Å². The second-order valence-electron chi connectivity index (χ2n) is 4.04. The van der Waals surface area contributed by atoms with Crippen LogP contribution in [0.1, 0.15) is 0 Å². The third-order valence-corrected chi connectivity index (χ3v) is 5.58. The van der Waals surface area contributed by atoms with Crippen LogP contribution in [0.2, 0.25) is 15.1 Å². The monoisotopic (exact) mass is 476 g/mol. The summed E-state index contributed by atoms with van der Waals surface area (Å²) in [6.45, 7) is 0. The molecule has 0 bridgehead atoms. The molecular formula is C12H8Cl3IN2O2S. The molecule has 0 aliphatic heterocycles. The van der Waals surface area contributed by atoms with Crippen molar-refractivity contribution in [2.45, 2.75) is 4.90 Å². The summed E-state index contributed by atoms with van der Waals surface area (Å²) in [4.78, 5) is -0.233. The first-order valence-corrected chi connectivity index (χ1v) is 9.12. The summed E-state index contributed by atoms with van der Waals surface area (Å²) < 4.78 is 28.1. The van der Waals surface area contributed by atoms with Gasteiger partial charge in [-0.1, -0.05) is 34.8 Å². The smallest absolute Gasteiger partial charge is 0.265 e. The fraction of sp³-hybridized carbons (Fsp3) is 0. The molecular weight excluding hydrogens is 469 g/mol. The van der Waals surface area contributed by atoms with Gasteiger partial charge in [-0.05, 0) is 52.9 Å². The minimum absolute atomic E-state index is 0.0402. The first-order chi connectivity index (χ1) is 9.70. The molecule has 0 spiro atoms. The van der Waals surface area contributed by atoms with E-state index in [9.17, 15) is 8.42 Å². The molecule has 0 aliphatic carbocycles. The highest BCUT2D eigenvalue weighted by atomic mass is 127. The van der Waals surface area contributed by atoms with Crippen molar-refractivity contribution in [1.29, 1.82) is 0 Å². The Morgan fingerprint density at radius 1 is 1.05 bits per heavy atom. The average Bonchev–Trinajstić information content (AvgIpc) is 2.30. The quantitative estimate of drug-likeness (QED) is 0.500. The van der Waals surface area contributed by atoms with Gasteiger partial charge >= 0.3 is 0 Å². The van der Waals surface area contributed by atoms with Crippen molar-refractivity contribution >= 4 is 78.8 Å². The summed E-state index contributed by atoms with van der Waals surface area (Å²) >= 11 is 19.8. The lowest BCUT2D eigenvalue weighted by Gasteiger charge is -2.13. The Hall–Kier alpha value is -0.410. The summed E-state index contributed by atoms with van der Waals surface area (Å²) in [5.41, 5.74) is 5.90. The van der Waals surface area contributed by atoms with Gasteiger partial charge in [0.25, 0.3) is 10.0 Å². The van der Waals surface area contributed by atoms with Crippen molar-refractivity contribution in [1.82, 2.24) is 0 Å². The van der Waals surface area contributed by atoms with Crippen LogP contribution < -0.4 is 10.5 Å². The molecule has 3 N–H and O–H groups in total.